The summed E-state index contributed by atoms with van der Waals surface area (Å²) in [6.45, 7) is 16.4. The monoisotopic (exact) mass is 585 g/mol. The van der Waals surface area contributed by atoms with Crippen molar-refractivity contribution in [2.24, 2.45) is 11.3 Å². The average Bonchev–Trinajstić information content (AvgIpc) is 3.32. The molecule has 2 saturated heterocycles. The summed E-state index contributed by atoms with van der Waals surface area (Å²) >= 11 is 0. The van der Waals surface area contributed by atoms with E-state index in [1.54, 1.807) is 4.90 Å². The van der Waals surface area contributed by atoms with E-state index >= 15 is 0 Å². The first-order valence-electron chi connectivity index (χ1n) is 15.1. The first-order chi connectivity index (χ1) is 19.8. The molecule has 2 atom stereocenters. The maximum atomic E-state index is 14.3. The Morgan fingerprint density at radius 2 is 1.81 bits per heavy atom. The molecule has 11 heteroatoms. The summed E-state index contributed by atoms with van der Waals surface area (Å²) in [6.07, 6.45) is 2.81. The summed E-state index contributed by atoms with van der Waals surface area (Å²) < 4.78 is 20.5. The first-order valence-corrected chi connectivity index (χ1v) is 15.1. The van der Waals surface area contributed by atoms with Crippen LogP contribution in [-0.2, 0) is 0 Å². The van der Waals surface area contributed by atoms with E-state index in [0.717, 1.165) is 39.0 Å². The smallest absolute Gasteiger partial charge is 0.282 e. The molecule has 2 unspecified atom stereocenters. The molecule has 0 aliphatic carbocycles. The quantitative estimate of drug-likeness (QED) is 0.398. The van der Waals surface area contributed by atoms with Crippen LogP contribution >= 0.6 is 0 Å². The highest BCUT2D eigenvalue weighted by Crippen LogP contribution is 2.44. The Hall–Kier alpha value is -2.89. The number of benzene rings is 1. The number of rotatable bonds is 12. The van der Waals surface area contributed by atoms with Crippen LogP contribution in [0.5, 0.6) is 11.6 Å². The standard InChI is InChI=1S/C31H48FN7O3/c1-20(2)26(14-24(40)15-36(7)8)38-17-31(18-38)11-12-37(16-31)28-29(35-34-19-33-28)42-27-10-9-23(32)13-25(27)30(41)39(21(3)4)22(5)6/h9-10,13,19-22,24,26,40H,11-12,14-18H2,1-8H3. The second kappa shape index (κ2) is 13.2. The molecule has 2 aromatic rings. The third-order valence-electron chi connectivity index (χ3n) is 8.44. The van der Waals surface area contributed by atoms with Crippen molar-refractivity contribution >= 4 is 11.7 Å². The van der Waals surface area contributed by atoms with Crippen molar-refractivity contribution in [1.82, 2.24) is 29.9 Å². The number of nitrogens with zero attached hydrogens (tertiary/aromatic N) is 7. The number of ether oxygens (including phenoxy) is 1. The van der Waals surface area contributed by atoms with Crippen LogP contribution in [0.2, 0.25) is 0 Å². The molecule has 1 aromatic carbocycles. The van der Waals surface area contributed by atoms with Gasteiger partial charge in [-0.1, -0.05) is 13.8 Å². The molecule has 1 aromatic heterocycles. The van der Waals surface area contributed by atoms with Crippen LogP contribution in [0.1, 0.15) is 64.7 Å². The molecule has 2 aliphatic rings. The second-order valence-electron chi connectivity index (χ2n) is 13.3. The molecule has 0 bridgehead atoms. The van der Waals surface area contributed by atoms with Crippen LogP contribution in [0, 0.1) is 17.2 Å². The van der Waals surface area contributed by atoms with Crippen LogP contribution in [0.25, 0.3) is 0 Å². The van der Waals surface area contributed by atoms with Crippen molar-refractivity contribution in [3.63, 3.8) is 0 Å². The zero-order valence-electron chi connectivity index (χ0n) is 26.4. The van der Waals surface area contributed by atoms with Gasteiger partial charge in [-0.3, -0.25) is 9.69 Å². The van der Waals surface area contributed by atoms with E-state index in [4.69, 9.17) is 4.74 Å². The van der Waals surface area contributed by atoms with E-state index in [2.05, 4.69) is 38.8 Å². The molecule has 1 amide bonds. The molecule has 3 heterocycles. The van der Waals surface area contributed by atoms with Gasteiger partial charge < -0.3 is 24.5 Å². The number of hydrogen-bond donors (Lipinski definition) is 1. The van der Waals surface area contributed by atoms with Crippen LogP contribution in [0.4, 0.5) is 10.2 Å². The number of amides is 1. The lowest BCUT2D eigenvalue weighted by Gasteiger charge is -2.53. The Balaban J connectivity index is 1.49. The van der Waals surface area contributed by atoms with E-state index in [9.17, 15) is 14.3 Å². The highest BCUT2D eigenvalue weighted by molar-refractivity contribution is 5.97. The summed E-state index contributed by atoms with van der Waals surface area (Å²) in [5, 5.41) is 18.8. The van der Waals surface area contributed by atoms with E-state index in [1.165, 1.54) is 24.5 Å². The Labute approximate surface area is 249 Å². The number of anilines is 1. The van der Waals surface area contributed by atoms with Crippen LogP contribution in [0.3, 0.4) is 0 Å². The lowest BCUT2D eigenvalue weighted by Crippen LogP contribution is -2.62. The highest BCUT2D eigenvalue weighted by atomic mass is 19.1. The van der Waals surface area contributed by atoms with E-state index < -0.39 is 5.82 Å². The third-order valence-corrected chi connectivity index (χ3v) is 8.44. The number of aliphatic hydroxyl groups excluding tert-OH is 1. The van der Waals surface area contributed by atoms with Gasteiger partial charge >= 0.3 is 0 Å². The molecule has 2 aliphatic heterocycles. The molecule has 1 spiro atoms. The van der Waals surface area contributed by atoms with Gasteiger partial charge in [-0.05, 0) is 78.7 Å². The van der Waals surface area contributed by atoms with Crippen molar-refractivity contribution in [3.05, 3.63) is 35.9 Å². The Morgan fingerprint density at radius 1 is 1.12 bits per heavy atom. The van der Waals surface area contributed by atoms with Gasteiger partial charge in [0.15, 0.2) is 5.82 Å². The molecule has 2 fully saturated rings. The van der Waals surface area contributed by atoms with Gasteiger partial charge in [0.25, 0.3) is 11.8 Å². The number of carbonyl (C=O) groups is 1. The number of likely N-dealkylation sites (tertiary alicyclic amines) is 1. The molecular formula is C31H48FN7O3. The maximum Gasteiger partial charge on any atom is 0.282 e. The zero-order valence-corrected chi connectivity index (χ0v) is 26.4. The normalized spacial score (nSPS) is 18.3. The van der Waals surface area contributed by atoms with Crippen molar-refractivity contribution in [1.29, 1.82) is 0 Å². The van der Waals surface area contributed by atoms with Crippen molar-refractivity contribution in [2.75, 3.05) is 51.7 Å². The van der Waals surface area contributed by atoms with Gasteiger partial charge in [-0.2, -0.15) is 0 Å². The molecule has 1 N–H and O–H groups in total. The molecule has 10 nitrogen and oxygen atoms in total. The fraction of sp³-hybridized carbons (Fsp3) is 0.677. The number of aliphatic hydroxyl groups is 1. The summed E-state index contributed by atoms with van der Waals surface area (Å²) in [4.78, 5) is 26.4. The second-order valence-corrected chi connectivity index (χ2v) is 13.3. The fourth-order valence-electron chi connectivity index (χ4n) is 6.65. The highest BCUT2D eigenvalue weighted by Gasteiger charge is 2.50. The van der Waals surface area contributed by atoms with Gasteiger partial charge in [0.1, 0.15) is 17.9 Å². The zero-order chi connectivity index (χ0) is 30.8. The molecule has 4 rings (SSSR count). The minimum Gasteiger partial charge on any atom is -0.434 e. The SMILES string of the molecule is CC(C)C(CC(O)CN(C)C)N1CC2(CCN(c3ncnnc3Oc3ccc(F)cc3C(=O)N(C(C)C)C(C)C)C2)C1. The van der Waals surface area contributed by atoms with Crippen LogP contribution in [0.15, 0.2) is 24.5 Å². The Kier molecular flexibility index (Phi) is 10.1. The number of likely N-dealkylation sites (N-methyl/N-ethyl adjacent to an activating group) is 1. The van der Waals surface area contributed by atoms with Crippen molar-refractivity contribution < 1.29 is 19.0 Å². The molecule has 232 valence electrons. The Bertz CT molecular complexity index is 1210. The molecular weight excluding hydrogens is 537 g/mol. The van der Waals surface area contributed by atoms with Crippen LogP contribution < -0.4 is 9.64 Å². The van der Waals surface area contributed by atoms with Gasteiger partial charge in [0.2, 0.25) is 0 Å². The molecule has 0 radical (unpaired) electrons. The predicted octanol–water partition coefficient (Wildman–Crippen LogP) is 3.91. The van der Waals surface area contributed by atoms with Crippen LogP contribution in [-0.4, -0.2) is 112 Å². The lowest BCUT2D eigenvalue weighted by atomic mass is 9.76. The molecule has 0 saturated carbocycles. The first kappa shape index (κ1) is 32.0. The van der Waals surface area contributed by atoms with E-state index in [1.807, 2.05) is 46.7 Å². The number of aromatic nitrogens is 3. The largest absolute Gasteiger partial charge is 0.434 e. The third kappa shape index (κ3) is 7.18. The summed E-state index contributed by atoms with van der Waals surface area (Å²) in [5.74, 6) is 0.598. The Morgan fingerprint density at radius 3 is 2.43 bits per heavy atom. The predicted molar refractivity (Wildman–Crippen MR) is 161 cm³/mol. The number of halogens is 1. The molecule has 42 heavy (non-hydrogen) atoms. The maximum absolute atomic E-state index is 14.3. The van der Waals surface area contributed by atoms with E-state index in [-0.39, 0.29) is 46.7 Å². The topological polar surface area (TPSA) is 98.2 Å². The summed E-state index contributed by atoms with van der Waals surface area (Å²) in [5.41, 5.74) is 0.270. The van der Waals surface area contributed by atoms with Gasteiger partial charge in [0, 0.05) is 56.3 Å². The van der Waals surface area contributed by atoms with Gasteiger partial charge in [-0.25, -0.2) is 9.37 Å². The minimum atomic E-state index is -0.513. The summed E-state index contributed by atoms with van der Waals surface area (Å²) in [7, 11) is 3.97. The van der Waals surface area contributed by atoms with E-state index in [0.29, 0.717) is 24.3 Å². The number of hydrogen-bond acceptors (Lipinski definition) is 9. The van der Waals surface area contributed by atoms with Crippen molar-refractivity contribution in [3.8, 4) is 11.6 Å². The minimum absolute atomic E-state index is 0.0725. The van der Waals surface area contributed by atoms with Gasteiger partial charge in [0.05, 0.1) is 11.7 Å². The summed E-state index contributed by atoms with van der Waals surface area (Å²) in [6, 6.07) is 4.14. The van der Waals surface area contributed by atoms with Crippen molar-refractivity contribution in [2.45, 2.75) is 78.6 Å². The lowest BCUT2D eigenvalue weighted by molar-refractivity contribution is -0.0476. The fourth-order valence-corrected chi connectivity index (χ4v) is 6.65. The average molecular weight is 586 g/mol. The van der Waals surface area contributed by atoms with Gasteiger partial charge in [-0.15, -0.1) is 10.2 Å². The number of carbonyl (C=O) groups excluding carboxylic acids is 1.